The van der Waals surface area contributed by atoms with E-state index in [1.807, 2.05) is 7.05 Å². The molecule has 0 amide bonds. The molecule has 1 N–H and O–H groups in total. The number of hydrogen-bond donors (Lipinski definition) is 1. The number of aromatic nitrogens is 2. The lowest BCUT2D eigenvalue weighted by Gasteiger charge is -2.19. The zero-order chi connectivity index (χ0) is 13.9. The van der Waals surface area contributed by atoms with Crippen molar-refractivity contribution < 1.29 is 4.74 Å². The molecule has 0 unspecified atom stereocenters. The fraction of sp³-hybridized carbons (Fsp3) is 0.375. The highest BCUT2D eigenvalue weighted by atomic mass is 16.5. The maximum Gasteiger partial charge on any atom is 0.135 e. The minimum atomic E-state index is 0.607. The lowest BCUT2D eigenvalue weighted by Crippen LogP contribution is -2.17. The van der Waals surface area contributed by atoms with Gasteiger partial charge in [-0.15, -0.1) is 0 Å². The molecule has 2 aromatic rings. The largest absolute Gasteiger partial charge is 0.376 e. The first-order valence-corrected chi connectivity index (χ1v) is 6.96. The van der Waals surface area contributed by atoms with Gasteiger partial charge in [0.2, 0.25) is 0 Å². The van der Waals surface area contributed by atoms with Crippen molar-refractivity contribution in [3.63, 3.8) is 0 Å². The van der Waals surface area contributed by atoms with Gasteiger partial charge in [0.15, 0.2) is 0 Å². The van der Waals surface area contributed by atoms with E-state index in [0.29, 0.717) is 6.61 Å². The number of ether oxygens (including phenoxy) is 1. The van der Waals surface area contributed by atoms with Crippen molar-refractivity contribution in [2.24, 2.45) is 0 Å². The van der Waals surface area contributed by atoms with Crippen molar-refractivity contribution in [3.05, 3.63) is 52.5 Å². The standard InChI is InChI=1S/C16H19N3O/c1-11-4-3-5-12(8-11)9-15-18-14-6-7-20-10-13(14)16(17-2)19-15/h3-5,8H,6-7,9-10H2,1-2H3,(H,17,18,19). The van der Waals surface area contributed by atoms with E-state index in [0.717, 1.165) is 42.3 Å². The van der Waals surface area contributed by atoms with Crippen molar-refractivity contribution in [1.82, 2.24) is 9.97 Å². The van der Waals surface area contributed by atoms with Crippen LogP contribution < -0.4 is 5.32 Å². The first-order valence-electron chi connectivity index (χ1n) is 6.96. The Hall–Kier alpha value is -1.94. The highest BCUT2D eigenvalue weighted by Crippen LogP contribution is 2.22. The average Bonchev–Trinajstić information content (AvgIpc) is 2.46. The van der Waals surface area contributed by atoms with E-state index in [-0.39, 0.29) is 0 Å². The van der Waals surface area contributed by atoms with Crippen molar-refractivity contribution >= 4 is 5.82 Å². The first kappa shape index (κ1) is 13.1. The average molecular weight is 269 g/mol. The SMILES string of the molecule is CNc1nc(Cc2cccc(C)c2)nc2c1COCC2. The van der Waals surface area contributed by atoms with Gasteiger partial charge in [-0.05, 0) is 12.5 Å². The second kappa shape index (κ2) is 5.59. The molecule has 4 nitrogen and oxygen atoms in total. The zero-order valence-electron chi connectivity index (χ0n) is 11.9. The summed E-state index contributed by atoms with van der Waals surface area (Å²) in [4.78, 5) is 9.34. The Morgan fingerprint density at radius 3 is 3.00 bits per heavy atom. The van der Waals surface area contributed by atoms with Crippen LogP contribution >= 0.6 is 0 Å². The molecule has 0 saturated heterocycles. The molecule has 0 spiro atoms. The highest BCUT2D eigenvalue weighted by Gasteiger charge is 2.17. The van der Waals surface area contributed by atoms with Gasteiger partial charge < -0.3 is 10.1 Å². The van der Waals surface area contributed by atoms with Crippen molar-refractivity contribution in [1.29, 1.82) is 0 Å². The number of fused-ring (bicyclic) bond motifs is 1. The topological polar surface area (TPSA) is 47.0 Å². The van der Waals surface area contributed by atoms with Gasteiger partial charge in [0.05, 0.1) is 18.9 Å². The van der Waals surface area contributed by atoms with Gasteiger partial charge in [0.25, 0.3) is 0 Å². The summed E-state index contributed by atoms with van der Waals surface area (Å²) >= 11 is 0. The van der Waals surface area contributed by atoms with Crippen LogP contribution in [-0.2, 0) is 24.2 Å². The van der Waals surface area contributed by atoms with Gasteiger partial charge in [-0.2, -0.15) is 0 Å². The molecule has 0 atom stereocenters. The third-order valence-electron chi connectivity index (χ3n) is 3.55. The molecule has 0 fully saturated rings. The molecule has 1 aliphatic rings. The summed E-state index contributed by atoms with van der Waals surface area (Å²) in [5.74, 6) is 1.78. The maximum atomic E-state index is 5.49. The molecule has 4 heteroatoms. The Balaban J connectivity index is 1.94. The van der Waals surface area contributed by atoms with Crippen LogP contribution in [0.15, 0.2) is 24.3 Å². The van der Waals surface area contributed by atoms with Gasteiger partial charge in [-0.3, -0.25) is 0 Å². The summed E-state index contributed by atoms with van der Waals surface area (Å²) in [6.45, 7) is 3.46. The van der Waals surface area contributed by atoms with Crippen LogP contribution in [0.2, 0.25) is 0 Å². The summed E-state index contributed by atoms with van der Waals surface area (Å²) in [7, 11) is 1.90. The Labute approximate surface area is 119 Å². The van der Waals surface area contributed by atoms with E-state index < -0.39 is 0 Å². The van der Waals surface area contributed by atoms with Crippen LogP contribution in [0.25, 0.3) is 0 Å². The minimum absolute atomic E-state index is 0.607. The fourth-order valence-corrected chi connectivity index (χ4v) is 2.57. The number of benzene rings is 1. The fourth-order valence-electron chi connectivity index (χ4n) is 2.57. The third-order valence-corrected chi connectivity index (χ3v) is 3.55. The first-order chi connectivity index (χ1) is 9.76. The quantitative estimate of drug-likeness (QED) is 0.930. The molecule has 0 saturated carbocycles. The molecule has 3 rings (SSSR count). The Morgan fingerprint density at radius 1 is 1.30 bits per heavy atom. The predicted octanol–water partition coefficient (Wildman–Crippen LogP) is 2.49. The Bertz CT molecular complexity index is 608. The molecule has 0 bridgehead atoms. The normalized spacial score (nSPS) is 13.9. The third kappa shape index (κ3) is 2.65. The molecule has 1 aliphatic heterocycles. The van der Waals surface area contributed by atoms with Crippen LogP contribution in [0.1, 0.15) is 28.2 Å². The predicted molar refractivity (Wildman–Crippen MR) is 78.9 cm³/mol. The maximum absolute atomic E-state index is 5.49. The molecule has 0 radical (unpaired) electrons. The minimum Gasteiger partial charge on any atom is -0.376 e. The van der Waals surface area contributed by atoms with Crippen molar-refractivity contribution in [2.45, 2.75) is 26.4 Å². The lowest BCUT2D eigenvalue weighted by atomic mass is 10.1. The number of rotatable bonds is 3. The van der Waals surface area contributed by atoms with Crippen LogP contribution in [0.4, 0.5) is 5.82 Å². The van der Waals surface area contributed by atoms with E-state index >= 15 is 0 Å². The van der Waals surface area contributed by atoms with Gasteiger partial charge in [0.1, 0.15) is 11.6 Å². The van der Waals surface area contributed by atoms with E-state index in [9.17, 15) is 0 Å². The van der Waals surface area contributed by atoms with Crippen LogP contribution in [0.5, 0.6) is 0 Å². The van der Waals surface area contributed by atoms with Crippen LogP contribution in [0.3, 0.4) is 0 Å². The number of hydrogen-bond acceptors (Lipinski definition) is 4. The lowest BCUT2D eigenvalue weighted by molar-refractivity contribution is 0.109. The molecule has 0 aliphatic carbocycles. The molecule has 1 aromatic carbocycles. The number of nitrogens with one attached hydrogen (secondary N) is 1. The smallest absolute Gasteiger partial charge is 0.135 e. The summed E-state index contributed by atoms with van der Waals surface area (Å²) in [5.41, 5.74) is 4.74. The van der Waals surface area contributed by atoms with Gasteiger partial charge >= 0.3 is 0 Å². The Morgan fingerprint density at radius 2 is 2.20 bits per heavy atom. The van der Waals surface area contributed by atoms with Gasteiger partial charge in [-0.1, -0.05) is 29.8 Å². The van der Waals surface area contributed by atoms with Crippen LogP contribution in [-0.4, -0.2) is 23.6 Å². The Kier molecular flexibility index (Phi) is 3.65. The molecule has 1 aromatic heterocycles. The number of nitrogens with zero attached hydrogens (tertiary/aromatic N) is 2. The van der Waals surface area contributed by atoms with Crippen molar-refractivity contribution in [2.75, 3.05) is 19.0 Å². The van der Waals surface area contributed by atoms with Crippen LogP contribution in [0, 0.1) is 6.92 Å². The summed E-state index contributed by atoms with van der Waals surface area (Å²) in [6.07, 6.45) is 1.64. The van der Waals surface area contributed by atoms with E-state index in [2.05, 4.69) is 41.5 Å². The van der Waals surface area contributed by atoms with Gasteiger partial charge in [-0.25, -0.2) is 9.97 Å². The number of aryl methyl sites for hydroxylation is 1. The molecule has 104 valence electrons. The zero-order valence-corrected chi connectivity index (χ0v) is 11.9. The van der Waals surface area contributed by atoms with E-state index in [4.69, 9.17) is 9.72 Å². The molecular formula is C16H19N3O. The van der Waals surface area contributed by atoms with E-state index in [1.54, 1.807) is 0 Å². The second-order valence-electron chi connectivity index (χ2n) is 5.13. The molecule has 20 heavy (non-hydrogen) atoms. The van der Waals surface area contributed by atoms with Crippen molar-refractivity contribution in [3.8, 4) is 0 Å². The summed E-state index contributed by atoms with van der Waals surface area (Å²) < 4.78 is 5.49. The summed E-state index contributed by atoms with van der Waals surface area (Å²) in [6, 6.07) is 8.49. The number of anilines is 1. The summed E-state index contributed by atoms with van der Waals surface area (Å²) in [5, 5.41) is 3.16. The molecule has 2 heterocycles. The van der Waals surface area contributed by atoms with E-state index in [1.165, 1.54) is 11.1 Å². The second-order valence-corrected chi connectivity index (χ2v) is 5.13. The van der Waals surface area contributed by atoms with Gasteiger partial charge in [0, 0.05) is 25.5 Å². The monoisotopic (exact) mass is 269 g/mol. The highest BCUT2D eigenvalue weighted by molar-refractivity contribution is 5.47. The molecular weight excluding hydrogens is 250 g/mol.